The van der Waals surface area contributed by atoms with E-state index in [0.29, 0.717) is 24.9 Å². The third-order valence-electron chi connectivity index (χ3n) is 4.13. The van der Waals surface area contributed by atoms with Gasteiger partial charge < -0.3 is 0 Å². The minimum absolute atomic E-state index is 0.472. The topological polar surface area (TPSA) is 49.4 Å². The predicted molar refractivity (Wildman–Crippen MR) is 82.1 cm³/mol. The highest BCUT2D eigenvalue weighted by Gasteiger charge is 2.27. The van der Waals surface area contributed by atoms with Crippen molar-refractivity contribution in [3.63, 3.8) is 0 Å². The van der Waals surface area contributed by atoms with Crippen molar-refractivity contribution in [1.29, 1.82) is 0 Å². The van der Waals surface area contributed by atoms with Crippen LogP contribution in [0.25, 0.3) is 0 Å². The molecular formula is C15H24N2O2S. The van der Waals surface area contributed by atoms with Crippen molar-refractivity contribution >= 4 is 10.2 Å². The van der Waals surface area contributed by atoms with E-state index in [1.165, 1.54) is 22.5 Å². The van der Waals surface area contributed by atoms with Crippen molar-refractivity contribution < 1.29 is 8.42 Å². The summed E-state index contributed by atoms with van der Waals surface area (Å²) < 4.78 is 27.4. The second-order valence-electron chi connectivity index (χ2n) is 5.70. The zero-order valence-electron chi connectivity index (χ0n) is 12.5. The van der Waals surface area contributed by atoms with E-state index in [2.05, 4.69) is 42.8 Å². The second-order valence-corrected chi connectivity index (χ2v) is 7.58. The smallest absolute Gasteiger partial charge is 0.205 e. The summed E-state index contributed by atoms with van der Waals surface area (Å²) in [6, 6.07) is 8.78. The van der Waals surface area contributed by atoms with E-state index in [9.17, 15) is 8.42 Å². The lowest BCUT2D eigenvalue weighted by Gasteiger charge is -2.31. The largest absolute Gasteiger partial charge is 0.279 e. The predicted octanol–water partition coefficient (Wildman–Crippen LogP) is 2.45. The van der Waals surface area contributed by atoms with Gasteiger partial charge in [-0.2, -0.15) is 12.7 Å². The van der Waals surface area contributed by atoms with Crippen LogP contribution in [0.15, 0.2) is 24.3 Å². The Morgan fingerprint density at radius 2 is 1.70 bits per heavy atom. The number of hydrogen-bond acceptors (Lipinski definition) is 2. The average Bonchev–Trinajstić information content (AvgIpc) is 2.47. The molecule has 5 heteroatoms. The minimum Gasteiger partial charge on any atom is -0.205 e. The SMILES string of the molecule is CNS(=O)(=O)N1CCC(c2ccc(C(C)C)cc2)CC1. The van der Waals surface area contributed by atoms with Crippen LogP contribution in [-0.4, -0.2) is 32.9 Å². The zero-order chi connectivity index (χ0) is 14.8. The molecule has 1 saturated heterocycles. The van der Waals surface area contributed by atoms with Crippen molar-refractivity contribution in [1.82, 2.24) is 9.03 Å². The quantitative estimate of drug-likeness (QED) is 0.928. The molecule has 20 heavy (non-hydrogen) atoms. The Morgan fingerprint density at radius 1 is 1.15 bits per heavy atom. The highest BCUT2D eigenvalue weighted by molar-refractivity contribution is 7.87. The molecule has 0 amide bonds. The number of nitrogens with one attached hydrogen (secondary N) is 1. The Hall–Kier alpha value is -0.910. The highest BCUT2D eigenvalue weighted by Crippen LogP contribution is 2.29. The Morgan fingerprint density at radius 3 is 2.15 bits per heavy atom. The first-order valence-corrected chi connectivity index (χ1v) is 8.66. The molecule has 1 heterocycles. The molecule has 4 nitrogen and oxygen atoms in total. The summed E-state index contributed by atoms with van der Waals surface area (Å²) in [5.74, 6) is 1.02. The first-order chi connectivity index (χ1) is 9.44. The molecule has 112 valence electrons. The number of rotatable bonds is 4. The lowest BCUT2D eigenvalue weighted by Crippen LogP contribution is -2.43. The van der Waals surface area contributed by atoms with Gasteiger partial charge in [-0.25, -0.2) is 4.72 Å². The number of hydrogen-bond donors (Lipinski definition) is 1. The van der Waals surface area contributed by atoms with Gasteiger partial charge >= 0.3 is 0 Å². The van der Waals surface area contributed by atoms with Gasteiger partial charge in [0.2, 0.25) is 0 Å². The van der Waals surface area contributed by atoms with E-state index in [1.54, 1.807) is 0 Å². The van der Waals surface area contributed by atoms with Gasteiger partial charge in [-0.3, -0.25) is 0 Å². The lowest BCUT2D eigenvalue weighted by atomic mass is 9.89. The molecule has 1 N–H and O–H groups in total. The van der Waals surface area contributed by atoms with Gasteiger partial charge in [-0.15, -0.1) is 0 Å². The van der Waals surface area contributed by atoms with Crippen molar-refractivity contribution in [2.45, 2.75) is 38.5 Å². The lowest BCUT2D eigenvalue weighted by molar-refractivity contribution is 0.317. The molecule has 1 aliphatic heterocycles. The Labute approximate surface area is 122 Å². The average molecular weight is 296 g/mol. The number of piperidine rings is 1. The Kier molecular flexibility index (Phi) is 4.83. The molecule has 0 bridgehead atoms. The highest BCUT2D eigenvalue weighted by atomic mass is 32.2. The van der Waals surface area contributed by atoms with Crippen LogP contribution in [0.4, 0.5) is 0 Å². The maximum atomic E-state index is 11.7. The van der Waals surface area contributed by atoms with Gasteiger partial charge in [0.1, 0.15) is 0 Å². The third-order valence-corrected chi connectivity index (χ3v) is 5.69. The van der Waals surface area contributed by atoms with Gasteiger partial charge in [0.25, 0.3) is 10.2 Å². The molecule has 1 aliphatic rings. The molecular weight excluding hydrogens is 272 g/mol. The fraction of sp³-hybridized carbons (Fsp3) is 0.600. The van der Waals surface area contributed by atoms with E-state index in [4.69, 9.17) is 0 Å². The van der Waals surface area contributed by atoms with Crippen molar-refractivity contribution in [3.8, 4) is 0 Å². The molecule has 0 aromatic heterocycles. The first kappa shape index (κ1) is 15.5. The zero-order valence-corrected chi connectivity index (χ0v) is 13.3. The summed E-state index contributed by atoms with van der Waals surface area (Å²) in [5.41, 5.74) is 2.68. The molecule has 1 fully saturated rings. The van der Waals surface area contributed by atoms with Gasteiger partial charge in [0, 0.05) is 20.1 Å². The van der Waals surface area contributed by atoms with E-state index in [0.717, 1.165) is 12.8 Å². The third kappa shape index (κ3) is 3.40. The molecule has 0 aliphatic carbocycles. The van der Waals surface area contributed by atoms with Crippen LogP contribution in [-0.2, 0) is 10.2 Å². The summed E-state index contributed by atoms with van der Waals surface area (Å²) in [7, 11) is -1.80. The normalized spacial score (nSPS) is 18.6. The standard InChI is InChI=1S/C15H24N2O2S/c1-12(2)13-4-6-14(7-5-13)15-8-10-17(11-9-15)20(18,19)16-3/h4-7,12,15-16H,8-11H2,1-3H3. The molecule has 0 atom stereocenters. The van der Waals surface area contributed by atoms with E-state index in [-0.39, 0.29) is 0 Å². The molecule has 0 radical (unpaired) electrons. The molecule has 0 unspecified atom stereocenters. The first-order valence-electron chi connectivity index (χ1n) is 7.22. The number of nitrogens with zero attached hydrogens (tertiary/aromatic N) is 1. The Balaban J connectivity index is 2.00. The summed E-state index contributed by atoms with van der Waals surface area (Å²) >= 11 is 0. The van der Waals surface area contributed by atoms with E-state index < -0.39 is 10.2 Å². The van der Waals surface area contributed by atoms with Gasteiger partial charge in [-0.05, 0) is 35.8 Å². The van der Waals surface area contributed by atoms with Crippen molar-refractivity contribution in [3.05, 3.63) is 35.4 Å². The molecule has 2 rings (SSSR count). The van der Waals surface area contributed by atoms with Crippen LogP contribution < -0.4 is 4.72 Å². The molecule has 1 aromatic carbocycles. The van der Waals surface area contributed by atoms with Gasteiger partial charge in [-0.1, -0.05) is 38.1 Å². The maximum absolute atomic E-state index is 11.7. The molecule has 1 aromatic rings. The Bertz CT molecular complexity index is 529. The molecule has 0 saturated carbocycles. The van der Waals surface area contributed by atoms with Crippen molar-refractivity contribution in [2.24, 2.45) is 0 Å². The summed E-state index contributed by atoms with van der Waals surface area (Å²) in [6.45, 7) is 5.58. The monoisotopic (exact) mass is 296 g/mol. The van der Waals surface area contributed by atoms with Gasteiger partial charge in [0.15, 0.2) is 0 Å². The fourth-order valence-electron chi connectivity index (χ4n) is 2.71. The van der Waals surface area contributed by atoms with Crippen LogP contribution in [0.2, 0.25) is 0 Å². The summed E-state index contributed by atoms with van der Waals surface area (Å²) in [4.78, 5) is 0. The summed E-state index contributed by atoms with van der Waals surface area (Å²) in [5, 5.41) is 0. The second kappa shape index (κ2) is 6.24. The van der Waals surface area contributed by atoms with Crippen LogP contribution in [0.1, 0.15) is 49.7 Å². The van der Waals surface area contributed by atoms with E-state index >= 15 is 0 Å². The summed E-state index contributed by atoms with van der Waals surface area (Å²) in [6.07, 6.45) is 1.78. The van der Waals surface area contributed by atoms with Crippen LogP contribution in [0, 0.1) is 0 Å². The number of benzene rings is 1. The van der Waals surface area contributed by atoms with Crippen molar-refractivity contribution in [2.75, 3.05) is 20.1 Å². The van der Waals surface area contributed by atoms with Crippen LogP contribution >= 0.6 is 0 Å². The van der Waals surface area contributed by atoms with E-state index in [1.807, 2.05) is 0 Å². The van der Waals surface area contributed by atoms with Crippen LogP contribution in [0.3, 0.4) is 0 Å². The molecule has 0 spiro atoms. The fourth-order valence-corrected chi connectivity index (χ4v) is 3.66. The maximum Gasteiger partial charge on any atom is 0.279 e. The minimum atomic E-state index is -3.26. The van der Waals surface area contributed by atoms with Gasteiger partial charge in [0.05, 0.1) is 0 Å². The van der Waals surface area contributed by atoms with Crippen LogP contribution in [0.5, 0.6) is 0 Å².